The molecule has 0 unspecified atom stereocenters. The molecule has 130 valence electrons. The summed E-state index contributed by atoms with van der Waals surface area (Å²) in [6, 6.07) is 22.5. The molecular formula is C23H18N4. The minimum absolute atomic E-state index is 0.777. The van der Waals surface area contributed by atoms with Crippen molar-refractivity contribution >= 4 is 39.5 Å². The second-order valence-corrected chi connectivity index (χ2v) is 6.60. The molecule has 0 aliphatic carbocycles. The zero-order chi connectivity index (χ0) is 18.2. The second-order valence-electron chi connectivity index (χ2n) is 6.60. The number of nitrogens with zero attached hydrogens (tertiary/aromatic N) is 2. The number of nitrogens with two attached hydrogens (primary N) is 1. The summed E-state index contributed by atoms with van der Waals surface area (Å²) < 4.78 is 2.15. The van der Waals surface area contributed by atoms with Gasteiger partial charge in [0.25, 0.3) is 0 Å². The minimum atomic E-state index is 0.777. The van der Waals surface area contributed by atoms with Crippen LogP contribution in [0.2, 0.25) is 0 Å². The highest BCUT2D eigenvalue weighted by Gasteiger charge is 2.06. The van der Waals surface area contributed by atoms with Crippen LogP contribution in [-0.4, -0.2) is 14.8 Å². The number of para-hydroxylation sites is 2. The molecule has 0 bridgehead atoms. The maximum absolute atomic E-state index is 5.92. The van der Waals surface area contributed by atoms with E-state index in [1.54, 1.807) is 0 Å². The van der Waals surface area contributed by atoms with Crippen LogP contribution in [-0.2, 0) is 0 Å². The number of hydrogen-bond donors (Lipinski definition) is 2. The van der Waals surface area contributed by atoms with Crippen molar-refractivity contribution in [1.82, 2.24) is 14.8 Å². The Morgan fingerprint density at radius 1 is 0.852 bits per heavy atom. The van der Waals surface area contributed by atoms with E-state index in [0.717, 1.165) is 38.9 Å². The van der Waals surface area contributed by atoms with Gasteiger partial charge in [-0.1, -0.05) is 48.5 Å². The van der Waals surface area contributed by atoms with Gasteiger partial charge < -0.3 is 10.3 Å². The van der Waals surface area contributed by atoms with E-state index in [4.69, 9.17) is 5.73 Å². The molecule has 0 fully saturated rings. The number of fused-ring (bicyclic) bond motifs is 2. The molecule has 2 aromatic heterocycles. The van der Waals surface area contributed by atoms with Crippen molar-refractivity contribution in [3.8, 4) is 5.69 Å². The SMILES string of the molecule is Nc1ccc2cn(-c3ccccc3C=Cc3n[nH]c4ccccc34)cc2c1. The van der Waals surface area contributed by atoms with Crippen LogP contribution in [0.4, 0.5) is 5.69 Å². The summed E-state index contributed by atoms with van der Waals surface area (Å²) in [6.07, 6.45) is 8.41. The van der Waals surface area contributed by atoms with Crippen LogP contribution in [0.25, 0.3) is 39.5 Å². The van der Waals surface area contributed by atoms with E-state index in [1.165, 1.54) is 5.39 Å². The van der Waals surface area contributed by atoms with Crippen LogP contribution < -0.4 is 5.73 Å². The van der Waals surface area contributed by atoms with Gasteiger partial charge in [0.15, 0.2) is 0 Å². The van der Waals surface area contributed by atoms with Gasteiger partial charge in [0.2, 0.25) is 0 Å². The number of hydrogen-bond acceptors (Lipinski definition) is 2. The molecule has 0 saturated heterocycles. The molecule has 0 atom stereocenters. The van der Waals surface area contributed by atoms with Crippen LogP contribution in [0.3, 0.4) is 0 Å². The van der Waals surface area contributed by atoms with Gasteiger partial charge in [-0.25, -0.2) is 0 Å². The van der Waals surface area contributed by atoms with E-state index in [0.29, 0.717) is 0 Å². The van der Waals surface area contributed by atoms with Gasteiger partial charge in [-0.2, -0.15) is 5.10 Å². The number of rotatable bonds is 3. The van der Waals surface area contributed by atoms with Crippen molar-refractivity contribution in [1.29, 1.82) is 0 Å². The number of aromatic nitrogens is 3. The Morgan fingerprint density at radius 3 is 2.63 bits per heavy atom. The molecule has 5 aromatic rings. The fourth-order valence-electron chi connectivity index (χ4n) is 3.44. The van der Waals surface area contributed by atoms with E-state index in [1.807, 2.05) is 36.4 Å². The van der Waals surface area contributed by atoms with Crippen molar-refractivity contribution in [3.63, 3.8) is 0 Å². The second kappa shape index (κ2) is 6.18. The zero-order valence-corrected chi connectivity index (χ0v) is 14.6. The number of nitrogens with one attached hydrogen (secondary N) is 1. The van der Waals surface area contributed by atoms with Crippen LogP contribution in [0, 0.1) is 0 Å². The Hall–Kier alpha value is -3.79. The van der Waals surface area contributed by atoms with E-state index in [-0.39, 0.29) is 0 Å². The van der Waals surface area contributed by atoms with Crippen molar-refractivity contribution < 1.29 is 0 Å². The lowest BCUT2D eigenvalue weighted by atomic mass is 10.1. The predicted molar refractivity (Wildman–Crippen MR) is 113 cm³/mol. The van der Waals surface area contributed by atoms with Crippen molar-refractivity contribution in [2.45, 2.75) is 0 Å². The summed E-state index contributed by atoms with van der Waals surface area (Å²) in [5.74, 6) is 0. The van der Waals surface area contributed by atoms with Gasteiger partial charge >= 0.3 is 0 Å². The first-order valence-electron chi connectivity index (χ1n) is 8.86. The molecule has 27 heavy (non-hydrogen) atoms. The lowest BCUT2D eigenvalue weighted by molar-refractivity contribution is 1.08. The fraction of sp³-hybridized carbons (Fsp3) is 0. The highest BCUT2D eigenvalue weighted by atomic mass is 15.1. The molecule has 5 rings (SSSR count). The number of anilines is 1. The first kappa shape index (κ1) is 15.5. The Labute approximate surface area is 156 Å². The van der Waals surface area contributed by atoms with Crippen molar-refractivity contribution in [2.75, 3.05) is 5.73 Å². The maximum atomic E-state index is 5.92. The molecule has 2 heterocycles. The molecule has 3 N–H and O–H groups in total. The average molecular weight is 350 g/mol. The number of benzene rings is 3. The average Bonchev–Trinajstić information content (AvgIpc) is 3.30. The summed E-state index contributed by atoms with van der Waals surface area (Å²) in [5, 5.41) is 10.9. The Morgan fingerprint density at radius 2 is 1.67 bits per heavy atom. The molecule has 4 heteroatoms. The van der Waals surface area contributed by atoms with Gasteiger partial charge in [0, 0.05) is 28.9 Å². The molecule has 3 aromatic carbocycles. The van der Waals surface area contributed by atoms with Crippen molar-refractivity contribution in [3.05, 3.63) is 90.4 Å². The predicted octanol–water partition coefficient (Wildman–Crippen LogP) is 5.26. The van der Waals surface area contributed by atoms with Crippen LogP contribution in [0.5, 0.6) is 0 Å². The summed E-state index contributed by atoms with van der Waals surface area (Å²) in [4.78, 5) is 0. The van der Waals surface area contributed by atoms with Crippen LogP contribution in [0.15, 0.2) is 79.1 Å². The third-order valence-electron chi connectivity index (χ3n) is 4.80. The lowest BCUT2D eigenvalue weighted by Gasteiger charge is -2.07. The summed E-state index contributed by atoms with van der Waals surface area (Å²) in [6.45, 7) is 0. The molecule has 0 radical (unpaired) electrons. The first-order chi connectivity index (χ1) is 13.3. The highest BCUT2D eigenvalue weighted by Crippen LogP contribution is 2.25. The van der Waals surface area contributed by atoms with E-state index < -0.39 is 0 Å². The standard InChI is InChI=1S/C23H18N4/c24-19-11-9-17-14-27(15-18(17)13-19)23-8-4-1-5-16(23)10-12-22-20-6-2-3-7-21(20)25-26-22/h1-15H,24H2,(H,25,26). The van der Waals surface area contributed by atoms with E-state index in [2.05, 4.69) is 69.6 Å². The maximum Gasteiger partial charge on any atom is 0.0927 e. The number of nitrogen functional groups attached to an aromatic ring is 1. The monoisotopic (exact) mass is 350 g/mol. The summed E-state index contributed by atoms with van der Waals surface area (Å²) in [5.41, 5.74) is 10.9. The third kappa shape index (κ3) is 2.77. The topological polar surface area (TPSA) is 59.6 Å². The number of H-pyrrole nitrogens is 1. The molecule has 4 nitrogen and oxygen atoms in total. The molecule has 0 saturated carbocycles. The van der Waals surface area contributed by atoms with Crippen LogP contribution in [0.1, 0.15) is 11.3 Å². The Balaban J connectivity index is 1.57. The van der Waals surface area contributed by atoms with Crippen molar-refractivity contribution in [2.24, 2.45) is 0 Å². The number of aromatic amines is 1. The van der Waals surface area contributed by atoms with E-state index in [9.17, 15) is 0 Å². The Kier molecular flexibility index (Phi) is 3.54. The molecule has 0 amide bonds. The Bertz CT molecular complexity index is 1290. The quantitative estimate of drug-likeness (QED) is 0.436. The smallest absolute Gasteiger partial charge is 0.0927 e. The minimum Gasteiger partial charge on any atom is -0.399 e. The van der Waals surface area contributed by atoms with Crippen LogP contribution >= 0.6 is 0 Å². The zero-order valence-electron chi connectivity index (χ0n) is 14.6. The molecule has 0 aliphatic rings. The van der Waals surface area contributed by atoms with Gasteiger partial charge in [-0.05, 0) is 41.3 Å². The normalized spacial score (nSPS) is 11.7. The fourth-order valence-corrected chi connectivity index (χ4v) is 3.44. The summed E-state index contributed by atoms with van der Waals surface area (Å²) in [7, 11) is 0. The van der Waals surface area contributed by atoms with Gasteiger partial charge in [-0.15, -0.1) is 0 Å². The molecule has 0 spiro atoms. The largest absolute Gasteiger partial charge is 0.399 e. The lowest BCUT2D eigenvalue weighted by Crippen LogP contribution is -1.92. The molecular weight excluding hydrogens is 332 g/mol. The first-order valence-corrected chi connectivity index (χ1v) is 8.86. The molecule has 0 aliphatic heterocycles. The van der Waals surface area contributed by atoms with E-state index >= 15 is 0 Å². The van der Waals surface area contributed by atoms with Gasteiger partial charge in [0.1, 0.15) is 0 Å². The highest BCUT2D eigenvalue weighted by molar-refractivity contribution is 5.90. The van der Waals surface area contributed by atoms with Gasteiger partial charge in [0.05, 0.1) is 16.9 Å². The van der Waals surface area contributed by atoms with Gasteiger partial charge in [-0.3, -0.25) is 5.10 Å². The summed E-state index contributed by atoms with van der Waals surface area (Å²) >= 11 is 0. The third-order valence-corrected chi connectivity index (χ3v) is 4.80.